The number of hydrogen-bond acceptors (Lipinski definition) is 6. The number of halogens is 4. The van der Waals surface area contributed by atoms with Gasteiger partial charge in [0, 0.05) is 5.69 Å². The smallest absolute Gasteiger partial charge is 0.329 e. The van der Waals surface area contributed by atoms with Crippen LogP contribution in [0.1, 0.15) is 5.56 Å². The molecule has 3 N–H and O–H groups in total. The second-order valence-corrected chi connectivity index (χ2v) is 8.77. The lowest BCUT2D eigenvalue weighted by Crippen LogP contribution is -2.32. The lowest BCUT2D eigenvalue weighted by Gasteiger charge is -2.14. The Bertz CT molecular complexity index is 1360. The highest BCUT2D eigenvalue weighted by Gasteiger charge is 2.16. The van der Waals surface area contributed by atoms with Gasteiger partial charge in [-0.25, -0.2) is 9.82 Å². The number of hydrazone groups is 1. The van der Waals surface area contributed by atoms with E-state index < -0.39 is 23.5 Å². The maximum atomic E-state index is 12.9. The van der Waals surface area contributed by atoms with Crippen molar-refractivity contribution in [2.45, 2.75) is 0 Å². The van der Waals surface area contributed by atoms with Crippen LogP contribution in [0.15, 0.2) is 64.2 Å². The molecule has 0 atom stereocenters. The molecule has 9 nitrogen and oxygen atoms in total. The van der Waals surface area contributed by atoms with E-state index in [1.54, 1.807) is 30.3 Å². The van der Waals surface area contributed by atoms with E-state index in [9.17, 15) is 18.8 Å². The highest BCUT2D eigenvalue weighted by atomic mass is 79.9. The fourth-order valence-electron chi connectivity index (χ4n) is 2.82. The van der Waals surface area contributed by atoms with E-state index in [0.29, 0.717) is 20.7 Å². The molecule has 3 amide bonds. The number of methoxy groups -OCH3 is 1. The van der Waals surface area contributed by atoms with E-state index in [-0.39, 0.29) is 28.8 Å². The normalized spacial score (nSPS) is 10.6. The SMILES string of the molecule is COc1cc(/C=N\NC(=O)C(=O)Nc2ccc(F)cc2)cc(Br)c1OCC(=O)Nc1cccc(Cl)c1Cl. The number of anilines is 2. The third-order valence-electron chi connectivity index (χ3n) is 4.51. The van der Waals surface area contributed by atoms with Crippen molar-refractivity contribution in [2.75, 3.05) is 24.4 Å². The summed E-state index contributed by atoms with van der Waals surface area (Å²) in [7, 11) is 1.41. The minimum atomic E-state index is -1.03. The number of ether oxygens (including phenoxy) is 2. The molecule has 0 unspecified atom stereocenters. The van der Waals surface area contributed by atoms with Crippen LogP contribution < -0.4 is 25.5 Å². The highest BCUT2D eigenvalue weighted by molar-refractivity contribution is 9.10. The maximum absolute atomic E-state index is 12.9. The standard InChI is InChI=1S/C24H18BrCl2FN4O5/c1-36-19-10-13(11-29-32-24(35)23(34)30-15-7-5-14(28)6-8-15)9-16(25)22(19)37-12-20(33)31-18-4-2-3-17(26)21(18)27/h2-11H,12H2,1H3,(H,30,34)(H,31,33)(H,32,35)/b29-11-. The van der Waals surface area contributed by atoms with Crippen molar-refractivity contribution in [1.29, 1.82) is 0 Å². The Morgan fingerprint density at radius 3 is 2.49 bits per heavy atom. The molecule has 0 aromatic heterocycles. The van der Waals surface area contributed by atoms with Crippen molar-refractivity contribution in [3.8, 4) is 11.5 Å². The minimum Gasteiger partial charge on any atom is -0.493 e. The molecule has 0 spiro atoms. The van der Waals surface area contributed by atoms with E-state index in [1.807, 2.05) is 0 Å². The largest absolute Gasteiger partial charge is 0.493 e. The molecular weight excluding hydrogens is 594 g/mol. The molecule has 3 aromatic carbocycles. The Morgan fingerprint density at radius 1 is 1.05 bits per heavy atom. The zero-order chi connectivity index (χ0) is 26.9. The molecule has 0 bridgehead atoms. The van der Waals surface area contributed by atoms with E-state index in [2.05, 4.69) is 37.1 Å². The first-order chi connectivity index (χ1) is 17.7. The summed E-state index contributed by atoms with van der Waals surface area (Å²) in [5.41, 5.74) is 3.16. The quantitative estimate of drug-likeness (QED) is 0.188. The topological polar surface area (TPSA) is 118 Å². The Kier molecular flexibility index (Phi) is 9.84. The molecular formula is C24H18BrCl2FN4O5. The van der Waals surface area contributed by atoms with Gasteiger partial charge in [-0.2, -0.15) is 5.10 Å². The Balaban J connectivity index is 1.59. The number of carbonyl (C=O) groups excluding carboxylic acids is 3. The zero-order valence-corrected chi connectivity index (χ0v) is 22.1. The molecule has 0 aliphatic rings. The average Bonchev–Trinajstić information content (AvgIpc) is 2.87. The molecule has 192 valence electrons. The molecule has 13 heteroatoms. The molecule has 0 aliphatic heterocycles. The monoisotopic (exact) mass is 610 g/mol. The van der Waals surface area contributed by atoms with Crippen LogP contribution in [0, 0.1) is 5.82 Å². The van der Waals surface area contributed by atoms with Gasteiger partial charge in [-0.05, 0) is 70.0 Å². The molecule has 0 heterocycles. The van der Waals surface area contributed by atoms with Gasteiger partial charge in [0.1, 0.15) is 5.82 Å². The van der Waals surface area contributed by atoms with Crippen molar-refractivity contribution < 1.29 is 28.2 Å². The van der Waals surface area contributed by atoms with Gasteiger partial charge in [0.2, 0.25) is 0 Å². The predicted octanol–water partition coefficient (Wildman–Crippen LogP) is 5.01. The third kappa shape index (κ3) is 7.91. The lowest BCUT2D eigenvalue weighted by atomic mass is 10.2. The summed E-state index contributed by atoms with van der Waals surface area (Å²) in [6.45, 7) is -0.357. The third-order valence-corrected chi connectivity index (χ3v) is 5.92. The molecule has 0 saturated carbocycles. The van der Waals surface area contributed by atoms with Crippen LogP contribution in [0.3, 0.4) is 0 Å². The molecule has 0 fully saturated rings. The number of amides is 3. The summed E-state index contributed by atoms with van der Waals surface area (Å²) in [6, 6.07) is 12.9. The second kappa shape index (κ2) is 13.0. The first-order valence-corrected chi connectivity index (χ1v) is 11.9. The fraction of sp³-hybridized carbons (Fsp3) is 0.0833. The predicted molar refractivity (Wildman–Crippen MR) is 142 cm³/mol. The van der Waals surface area contributed by atoms with Crippen LogP contribution in [-0.2, 0) is 14.4 Å². The van der Waals surface area contributed by atoms with Crippen LogP contribution in [0.5, 0.6) is 11.5 Å². The molecule has 3 rings (SSSR count). The van der Waals surface area contributed by atoms with Gasteiger partial charge in [0.05, 0.1) is 33.5 Å². The highest BCUT2D eigenvalue weighted by Crippen LogP contribution is 2.36. The molecule has 3 aromatic rings. The van der Waals surface area contributed by atoms with Crippen LogP contribution in [0.2, 0.25) is 10.0 Å². The van der Waals surface area contributed by atoms with E-state index in [0.717, 1.165) is 12.1 Å². The van der Waals surface area contributed by atoms with Crippen molar-refractivity contribution >= 4 is 74.4 Å². The number of rotatable bonds is 8. The summed E-state index contributed by atoms with van der Waals surface area (Å²) >= 11 is 15.4. The van der Waals surface area contributed by atoms with Gasteiger partial charge in [-0.1, -0.05) is 29.3 Å². The van der Waals surface area contributed by atoms with Crippen molar-refractivity contribution in [3.05, 3.63) is 80.5 Å². The maximum Gasteiger partial charge on any atom is 0.329 e. The summed E-state index contributed by atoms with van der Waals surface area (Å²) in [4.78, 5) is 36.2. The summed E-state index contributed by atoms with van der Waals surface area (Å²) < 4.78 is 24.3. The van der Waals surface area contributed by atoms with Gasteiger partial charge in [0.25, 0.3) is 5.91 Å². The van der Waals surface area contributed by atoms with E-state index >= 15 is 0 Å². The van der Waals surface area contributed by atoms with Gasteiger partial charge >= 0.3 is 11.8 Å². The van der Waals surface area contributed by atoms with E-state index in [4.69, 9.17) is 32.7 Å². The molecule has 37 heavy (non-hydrogen) atoms. The fourth-order valence-corrected chi connectivity index (χ4v) is 3.74. The first kappa shape index (κ1) is 27.9. The van der Waals surface area contributed by atoms with Crippen LogP contribution in [-0.4, -0.2) is 37.7 Å². The van der Waals surface area contributed by atoms with Gasteiger partial charge in [0.15, 0.2) is 18.1 Å². The van der Waals surface area contributed by atoms with Crippen LogP contribution in [0.25, 0.3) is 0 Å². The van der Waals surface area contributed by atoms with Crippen molar-refractivity contribution in [1.82, 2.24) is 5.43 Å². The molecule has 0 aliphatic carbocycles. The van der Waals surface area contributed by atoms with Crippen LogP contribution in [0.4, 0.5) is 15.8 Å². The summed E-state index contributed by atoms with van der Waals surface area (Å²) in [6.07, 6.45) is 1.27. The molecule has 0 radical (unpaired) electrons. The number of hydrogen-bond donors (Lipinski definition) is 3. The van der Waals surface area contributed by atoms with Gasteiger partial charge < -0.3 is 20.1 Å². The van der Waals surface area contributed by atoms with Gasteiger partial charge in [-0.15, -0.1) is 0 Å². The first-order valence-electron chi connectivity index (χ1n) is 10.3. The zero-order valence-electron chi connectivity index (χ0n) is 19.0. The number of nitrogens with one attached hydrogen (secondary N) is 3. The molecule has 0 saturated heterocycles. The Morgan fingerprint density at radius 2 is 1.78 bits per heavy atom. The second-order valence-electron chi connectivity index (χ2n) is 7.13. The Hall–Kier alpha value is -3.67. The number of benzene rings is 3. The lowest BCUT2D eigenvalue weighted by molar-refractivity contribution is -0.136. The van der Waals surface area contributed by atoms with Crippen molar-refractivity contribution in [2.24, 2.45) is 5.10 Å². The summed E-state index contributed by atoms with van der Waals surface area (Å²) in [5.74, 6) is -2.46. The minimum absolute atomic E-state index is 0.208. The summed E-state index contributed by atoms with van der Waals surface area (Å²) in [5, 5.41) is 9.18. The number of carbonyl (C=O) groups is 3. The van der Waals surface area contributed by atoms with Gasteiger partial charge in [-0.3, -0.25) is 14.4 Å². The average molecular weight is 612 g/mol. The van der Waals surface area contributed by atoms with Crippen LogP contribution >= 0.6 is 39.1 Å². The van der Waals surface area contributed by atoms with E-state index in [1.165, 1.54) is 25.5 Å². The number of nitrogens with zero attached hydrogens (tertiary/aromatic N) is 1. The van der Waals surface area contributed by atoms with Crippen molar-refractivity contribution in [3.63, 3.8) is 0 Å². The Labute approximate surface area is 229 Å².